The van der Waals surface area contributed by atoms with Crippen LogP contribution in [0.1, 0.15) is 9.60 Å². The van der Waals surface area contributed by atoms with Crippen molar-refractivity contribution in [1.29, 1.82) is 0 Å². The molecule has 0 spiro atoms. The van der Waals surface area contributed by atoms with Crippen LogP contribution in [0, 0.1) is 0 Å². The van der Waals surface area contributed by atoms with Crippen molar-refractivity contribution >= 4 is 43.6 Å². The van der Waals surface area contributed by atoms with Gasteiger partial charge in [0.2, 0.25) is 0 Å². The van der Waals surface area contributed by atoms with Crippen LogP contribution >= 0.6 is 0 Å². The Morgan fingerprint density at radius 2 is 0.726 bits per heavy atom. The zero-order valence-electron chi connectivity index (χ0n) is 40.4. The van der Waals surface area contributed by atoms with E-state index in [4.69, 9.17) is 4.11 Å². The Balaban J connectivity index is 1.07. The second kappa shape index (κ2) is 14.8. The number of hydrogen-bond acceptors (Lipinski definition) is 0. The van der Waals surface area contributed by atoms with Gasteiger partial charge in [0.15, 0.2) is 0 Å². The molecular weight excluding hydrogens is 749 g/mol. The fraction of sp³-hybridized carbons (Fsp3) is 0. The Morgan fingerprint density at radius 3 is 1.37 bits per heavy atom. The van der Waals surface area contributed by atoms with E-state index >= 15 is 0 Å². The first kappa shape index (κ1) is 29.1. The van der Waals surface area contributed by atoms with Crippen molar-refractivity contribution in [2.24, 2.45) is 0 Å². The van der Waals surface area contributed by atoms with Crippen LogP contribution in [0.5, 0.6) is 0 Å². The first-order valence-corrected chi connectivity index (χ1v) is 20.8. The van der Waals surface area contributed by atoms with Gasteiger partial charge in [-0.15, -0.1) is 0 Å². The Bertz CT molecular complexity index is 3990. The van der Waals surface area contributed by atoms with Crippen molar-refractivity contribution in [3.8, 4) is 67.0 Å². The number of hydrogen-bond donors (Lipinski definition) is 0. The minimum Gasteiger partial charge on any atom is -0.309 e. The standard InChI is InChI=1S/C60H40N2/c1-4-13-41(14-5-1)44-23-30-51(31-24-44)61-57-22-11-10-21-53(57)55-38-48(28-35-58(55)61)49-29-36-59-56(39-49)54-34-27-50(47-20-12-19-46(37-47)43-17-8-3-9-18-43)40-60(54)62(59)52-32-25-45(26-33-52)42-15-6-2-7-16-42/h1-40H/i10D,11D,21D,22D,28D,35D,38D. The van der Waals surface area contributed by atoms with Gasteiger partial charge in [-0.3, -0.25) is 0 Å². The number of aromatic nitrogens is 2. The first-order chi connectivity index (χ1) is 33.7. The van der Waals surface area contributed by atoms with Gasteiger partial charge in [-0.1, -0.05) is 176 Å². The van der Waals surface area contributed by atoms with Crippen molar-refractivity contribution in [2.45, 2.75) is 0 Å². The molecule has 0 saturated carbocycles. The van der Waals surface area contributed by atoms with Gasteiger partial charge in [0.1, 0.15) is 0 Å². The zero-order valence-corrected chi connectivity index (χ0v) is 33.4. The van der Waals surface area contributed by atoms with Gasteiger partial charge in [0, 0.05) is 32.9 Å². The second-order valence-electron chi connectivity index (χ2n) is 15.6. The van der Waals surface area contributed by atoms with E-state index in [-0.39, 0.29) is 57.6 Å². The van der Waals surface area contributed by atoms with Gasteiger partial charge < -0.3 is 9.13 Å². The van der Waals surface area contributed by atoms with E-state index in [0.29, 0.717) is 11.3 Å². The third kappa shape index (κ3) is 6.12. The molecule has 0 radical (unpaired) electrons. The maximum absolute atomic E-state index is 9.94. The molecule has 0 aliphatic heterocycles. The van der Waals surface area contributed by atoms with Crippen LogP contribution in [0.2, 0.25) is 0 Å². The Morgan fingerprint density at radius 1 is 0.258 bits per heavy atom. The molecule has 0 fully saturated rings. The molecule has 12 aromatic rings. The van der Waals surface area contributed by atoms with Crippen LogP contribution < -0.4 is 0 Å². The van der Waals surface area contributed by atoms with Gasteiger partial charge in [-0.05, 0) is 122 Å². The topological polar surface area (TPSA) is 9.86 Å². The molecule has 290 valence electrons. The van der Waals surface area contributed by atoms with Gasteiger partial charge >= 0.3 is 0 Å². The molecule has 0 unspecified atom stereocenters. The molecule has 2 heteroatoms. The summed E-state index contributed by atoms with van der Waals surface area (Å²) in [5.74, 6) is 0. The fourth-order valence-electron chi connectivity index (χ4n) is 8.93. The van der Waals surface area contributed by atoms with E-state index in [1.807, 2.05) is 109 Å². The van der Waals surface area contributed by atoms with Crippen molar-refractivity contribution in [3.05, 3.63) is 242 Å². The lowest BCUT2D eigenvalue weighted by atomic mass is 9.97. The van der Waals surface area contributed by atoms with Crippen LogP contribution in [-0.4, -0.2) is 9.13 Å². The number of fused-ring (bicyclic) bond motifs is 6. The number of rotatable bonds is 7. The molecule has 0 bridgehead atoms. The molecule has 2 heterocycles. The van der Waals surface area contributed by atoms with Crippen molar-refractivity contribution in [1.82, 2.24) is 9.13 Å². The van der Waals surface area contributed by atoms with Crippen molar-refractivity contribution < 1.29 is 9.60 Å². The van der Waals surface area contributed by atoms with E-state index in [9.17, 15) is 5.48 Å². The number of benzene rings is 10. The number of para-hydroxylation sites is 1. The van der Waals surface area contributed by atoms with Crippen LogP contribution in [-0.2, 0) is 0 Å². The Labute approximate surface area is 370 Å². The SMILES string of the molecule is [2H]c1c([2H])c([2H])c2c(c1[2H])c1c([2H])c(-c3ccc4c(c3)c3ccc(-c5cccc(-c6ccccc6)c5)cc3n4-c3ccc(-c4ccccc4)cc3)c([2H])c([2H])c1n2-c1ccc(-c2ccccc2)cc1. The summed E-state index contributed by atoms with van der Waals surface area (Å²) in [6, 6.07) is 65.8. The molecule has 2 nitrogen and oxygen atoms in total. The molecule has 0 aliphatic rings. The molecule has 2 aromatic heterocycles. The zero-order chi connectivity index (χ0) is 47.1. The summed E-state index contributed by atoms with van der Waals surface area (Å²) in [4.78, 5) is 0. The smallest absolute Gasteiger partial charge is 0.0645 e. The van der Waals surface area contributed by atoms with E-state index in [0.717, 1.165) is 72.0 Å². The summed E-state index contributed by atoms with van der Waals surface area (Å²) in [5, 5.41) is 2.20. The van der Waals surface area contributed by atoms with E-state index < -0.39 is 12.1 Å². The predicted molar refractivity (Wildman–Crippen MR) is 262 cm³/mol. The monoisotopic (exact) mass is 795 g/mol. The number of nitrogens with zero attached hydrogens (tertiary/aromatic N) is 2. The van der Waals surface area contributed by atoms with E-state index in [1.54, 1.807) is 4.57 Å². The predicted octanol–water partition coefficient (Wildman–Crippen LogP) is 16.2. The quantitative estimate of drug-likeness (QED) is 0.152. The highest BCUT2D eigenvalue weighted by Gasteiger charge is 2.17. The highest BCUT2D eigenvalue weighted by atomic mass is 15.0. The molecule has 12 rings (SSSR count). The molecule has 0 aliphatic carbocycles. The fourth-order valence-corrected chi connectivity index (χ4v) is 8.93. The Kier molecular flexibility index (Phi) is 6.95. The van der Waals surface area contributed by atoms with E-state index in [1.165, 1.54) is 0 Å². The maximum Gasteiger partial charge on any atom is 0.0645 e. The summed E-state index contributed by atoms with van der Waals surface area (Å²) in [5.41, 5.74) is 13.1. The first-order valence-electron chi connectivity index (χ1n) is 24.3. The summed E-state index contributed by atoms with van der Waals surface area (Å²) in [6.07, 6.45) is 0. The minimum absolute atomic E-state index is 0.0825. The third-order valence-electron chi connectivity index (χ3n) is 12.0. The third-order valence-corrected chi connectivity index (χ3v) is 12.0. The average molecular weight is 796 g/mol. The molecule has 0 saturated heterocycles. The lowest BCUT2D eigenvalue weighted by Gasteiger charge is -2.11. The lowest BCUT2D eigenvalue weighted by molar-refractivity contribution is 1.18. The summed E-state index contributed by atoms with van der Waals surface area (Å²) >= 11 is 0. The molecular formula is C60H40N2. The van der Waals surface area contributed by atoms with Crippen LogP contribution in [0.15, 0.2) is 242 Å². The largest absolute Gasteiger partial charge is 0.309 e. The Hall–Kier alpha value is -8.20. The van der Waals surface area contributed by atoms with Crippen LogP contribution in [0.25, 0.3) is 111 Å². The lowest BCUT2D eigenvalue weighted by Crippen LogP contribution is -1.94. The minimum atomic E-state index is -0.425. The van der Waals surface area contributed by atoms with Crippen LogP contribution in [0.4, 0.5) is 0 Å². The molecule has 10 aromatic carbocycles. The van der Waals surface area contributed by atoms with Gasteiger partial charge in [-0.25, -0.2) is 0 Å². The van der Waals surface area contributed by atoms with Gasteiger partial charge in [0.05, 0.1) is 31.7 Å². The van der Waals surface area contributed by atoms with Crippen LogP contribution in [0.3, 0.4) is 0 Å². The van der Waals surface area contributed by atoms with Gasteiger partial charge in [-0.2, -0.15) is 0 Å². The van der Waals surface area contributed by atoms with E-state index in [2.05, 4.69) is 95.6 Å². The summed E-state index contributed by atoms with van der Waals surface area (Å²) in [6.45, 7) is 0. The summed E-state index contributed by atoms with van der Waals surface area (Å²) in [7, 11) is 0. The maximum atomic E-state index is 9.94. The molecule has 62 heavy (non-hydrogen) atoms. The average Bonchev–Trinajstić information content (AvgIpc) is 3.94. The van der Waals surface area contributed by atoms with Crippen molar-refractivity contribution in [3.63, 3.8) is 0 Å². The second-order valence-corrected chi connectivity index (χ2v) is 15.6. The normalized spacial score (nSPS) is 13.1. The summed E-state index contributed by atoms with van der Waals surface area (Å²) < 4.78 is 68.9. The van der Waals surface area contributed by atoms with Gasteiger partial charge in [0.25, 0.3) is 0 Å². The molecule has 0 amide bonds. The molecule has 0 N–H and O–H groups in total. The highest BCUT2D eigenvalue weighted by Crippen LogP contribution is 2.40. The molecule has 0 atom stereocenters. The van der Waals surface area contributed by atoms with Crippen molar-refractivity contribution in [2.75, 3.05) is 0 Å². The highest BCUT2D eigenvalue weighted by molar-refractivity contribution is 6.13.